The summed E-state index contributed by atoms with van der Waals surface area (Å²) in [5.74, 6) is -0.768. The molecule has 0 aliphatic rings. The maximum atomic E-state index is 12.9. The molecule has 0 aliphatic carbocycles. The van der Waals surface area contributed by atoms with E-state index in [0.717, 1.165) is 12.1 Å². The number of aliphatic hydroxyl groups is 1. The zero-order valence-corrected chi connectivity index (χ0v) is 8.80. The molecule has 0 fully saturated rings. The first-order valence-electron chi connectivity index (χ1n) is 4.20. The highest BCUT2D eigenvalue weighted by atomic mass is 35.5. The largest absolute Gasteiger partial charge is 0.505 e. The Morgan fingerprint density at radius 2 is 2.00 bits per heavy atom. The fourth-order valence-electron chi connectivity index (χ4n) is 1.22. The lowest BCUT2D eigenvalue weighted by Gasteiger charge is -2.13. The van der Waals surface area contributed by atoms with E-state index in [1.165, 1.54) is 0 Å². The number of phenolic OH excluding ortho intramolecular Hbond substituents is 1. The first kappa shape index (κ1) is 14.0. The number of aliphatic hydroxyl groups excluding tert-OH is 1. The van der Waals surface area contributed by atoms with Crippen molar-refractivity contribution in [1.82, 2.24) is 0 Å². The zero-order chi connectivity index (χ0) is 10.7. The van der Waals surface area contributed by atoms with Crippen molar-refractivity contribution in [2.75, 3.05) is 12.3 Å². The van der Waals surface area contributed by atoms with Gasteiger partial charge in [0.1, 0.15) is 11.6 Å². The summed E-state index contributed by atoms with van der Waals surface area (Å²) in [6, 6.07) is 1.52. The molecular weight excluding hydrogens is 223 g/mol. The lowest BCUT2D eigenvalue weighted by molar-refractivity contribution is 0.275. The highest BCUT2D eigenvalue weighted by molar-refractivity contribution is 5.85. The van der Waals surface area contributed by atoms with Crippen LogP contribution in [0, 0.1) is 5.82 Å². The summed E-state index contributed by atoms with van der Waals surface area (Å²) >= 11 is 0. The van der Waals surface area contributed by atoms with Crippen LogP contribution in [0.15, 0.2) is 12.1 Å². The molecule has 0 saturated carbocycles. The summed E-state index contributed by atoms with van der Waals surface area (Å²) in [5, 5.41) is 18.1. The van der Waals surface area contributed by atoms with E-state index in [0.29, 0.717) is 0 Å². The molecule has 1 atom stereocenters. The molecule has 1 aromatic rings. The van der Waals surface area contributed by atoms with Crippen LogP contribution in [-0.2, 0) is 0 Å². The summed E-state index contributed by atoms with van der Waals surface area (Å²) < 4.78 is 12.9. The van der Waals surface area contributed by atoms with Crippen molar-refractivity contribution < 1.29 is 14.6 Å². The monoisotopic (exact) mass is 236 g/mol. The van der Waals surface area contributed by atoms with E-state index in [-0.39, 0.29) is 42.4 Å². The van der Waals surface area contributed by atoms with E-state index in [1.54, 1.807) is 0 Å². The van der Waals surface area contributed by atoms with Crippen molar-refractivity contribution in [2.24, 2.45) is 5.73 Å². The summed E-state index contributed by atoms with van der Waals surface area (Å²) in [4.78, 5) is 0. The average molecular weight is 237 g/mol. The second-order valence-electron chi connectivity index (χ2n) is 3.05. The third-order valence-corrected chi connectivity index (χ3v) is 1.97. The van der Waals surface area contributed by atoms with Crippen LogP contribution in [0.2, 0.25) is 0 Å². The van der Waals surface area contributed by atoms with Gasteiger partial charge in [0, 0.05) is 24.3 Å². The Labute approximate surface area is 93.1 Å². The number of nitrogen functional groups attached to an aromatic ring is 1. The molecule has 6 heteroatoms. The van der Waals surface area contributed by atoms with Crippen LogP contribution in [0.4, 0.5) is 10.1 Å². The number of hydrogen-bond acceptors (Lipinski definition) is 4. The normalized spacial score (nSPS) is 11.9. The molecule has 86 valence electrons. The highest BCUT2D eigenvalue weighted by Gasteiger charge is 2.14. The van der Waals surface area contributed by atoms with Crippen molar-refractivity contribution in [2.45, 2.75) is 12.5 Å². The molecule has 0 radical (unpaired) electrons. The van der Waals surface area contributed by atoms with Crippen molar-refractivity contribution in [3.05, 3.63) is 23.5 Å². The molecule has 0 heterocycles. The van der Waals surface area contributed by atoms with Gasteiger partial charge in [0.15, 0.2) is 0 Å². The predicted molar refractivity (Wildman–Crippen MR) is 58.4 cm³/mol. The molecule has 0 saturated heterocycles. The molecule has 1 aromatic carbocycles. The lowest BCUT2D eigenvalue weighted by Crippen LogP contribution is -2.13. The zero-order valence-electron chi connectivity index (χ0n) is 7.98. The lowest BCUT2D eigenvalue weighted by atomic mass is 10.0. The van der Waals surface area contributed by atoms with Gasteiger partial charge in [0.25, 0.3) is 0 Å². The molecule has 15 heavy (non-hydrogen) atoms. The van der Waals surface area contributed by atoms with Gasteiger partial charge in [-0.1, -0.05) is 0 Å². The number of hydrogen-bond donors (Lipinski definition) is 4. The van der Waals surface area contributed by atoms with Crippen LogP contribution in [0.5, 0.6) is 5.75 Å². The topological polar surface area (TPSA) is 92.5 Å². The van der Waals surface area contributed by atoms with Crippen LogP contribution in [0.25, 0.3) is 0 Å². The number of anilines is 1. The second-order valence-corrected chi connectivity index (χ2v) is 3.05. The predicted octanol–water partition coefficient (Wildman–Crippen LogP) is 0.917. The van der Waals surface area contributed by atoms with Gasteiger partial charge in [-0.25, -0.2) is 4.39 Å². The van der Waals surface area contributed by atoms with Gasteiger partial charge >= 0.3 is 0 Å². The summed E-state index contributed by atoms with van der Waals surface area (Å²) in [6.07, 6.45) is 0.246. The number of phenols is 1. The van der Waals surface area contributed by atoms with Gasteiger partial charge < -0.3 is 21.7 Å². The van der Waals surface area contributed by atoms with Gasteiger partial charge in [-0.2, -0.15) is 0 Å². The molecule has 6 N–H and O–H groups in total. The minimum atomic E-state index is -0.613. The fraction of sp³-hybridized carbons (Fsp3) is 0.333. The fourth-order valence-corrected chi connectivity index (χ4v) is 1.22. The Bertz CT molecular complexity index is 336. The van der Waals surface area contributed by atoms with Crippen LogP contribution in [0.1, 0.15) is 18.0 Å². The van der Waals surface area contributed by atoms with Gasteiger partial charge in [-0.3, -0.25) is 0 Å². The quantitative estimate of drug-likeness (QED) is 0.464. The number of rotatable bonds is 3. The molecule has 0 aromatic heterocycles. The third-order valence-electron chi connectivity index (χ3n) is 1.97. The maximum Gasteiger partial charge on any atom is 0.143 e. The van der Waals surface area contributed by atoms with Crippen molar-refractivity contribution in [3.63, 3.8) is 0 Å². The van der Waals surface area contributed by atoms with E-state index in [2.05, 4.69) is 0 Å². The third kappa shape index (κ3) is 3.23. The number of halogens is 2. The minimum absolute atomic E-state index is 0. The van der Waals surface area contributed by atoms with E-state index in [9.17, 15) is 9.50 Å². The maximum absolute atomic E-state index is 12.9. The summed E-state index contributed by atoms with van der Waals surface area (Å²) in [6.45, 7) is -0.128. The van der Waals surface area contributed by atoms with Gasteiger partial charge in [-0.15, -0.1) is 12.4 Å². The van der Waals surface area contributed by atoms with Gasteiger partial charge in [-0.05, 0) is 12.5 Å². The Morgan fingerprint density at radius 3 is 2.53 bits per heavy atom. The minimum Gasteiger partial charge on any atom is -0.505 e. The van der Waals surface area contributed by atoms with Gasteiger partial charge in [0.2, 0.25) is 0 Å². The smallest absolute Gasteiger partial charge is 0.143 e. The second kappa shape index (κ2) is 5.75. The summed E-state index contributed by atoms with van der Waals surface area (Å²) in [7, 11) is 0. The molecule has 0 spiro atoms. The number of aromatic hydroxyl groups is 1. The van der Waals surface area contributed by atoms with E-state index in [4.69, 9.17) is 16.6 Å². The van der Waals surface area contributed by atoms with Crippen molar-refractivity contribution >= 4 is 18.1 Å². The first-order chi connectivity index (χ1) is 6.56. The molecule has 1 rings (SSSR count). The van der Waals surface area contributed by atoms with Crippen molar-refractivity contribution in [3.8, 4) is 5.75 Å². The number of benzene rings is 1. The molecule has 0 unspecified atom stereocenters. The highest BCUT2D eigenvalue weighted by Crippen LogP contribution is 2.31. The SMILES string of the molecule is Cl.Nc1cc(F)cc([C@@H](N)CCO)c1O. The van der Waals surface area contributed by atoms with E-state index < -0.39 is 11.9 Å². The van der Waals surface area contributed by atoms with Crippen LogP contribution < -0.4 is 11.5 Å². The Kier molecular flexibility index (Phi) is 5.35. The van der Waals surface area contributed by atoms with Crippen molar-refractivity contribution in [1.29, 1.82) is 0 Å². The molecule has 0 bridgehead atoms. The summed E-state index contributed by atoms with van der Waals surface area (Å²) in [5.41, 5.74) is 11.1. The number of nitrogens with two attached hydrogens (primary N) is 2. The molecule has 0 amide bonds. The Morgan fingerprint density at radius 1 is 1.40 bits per heavy atom. The van der Waals surface area contributed by atoms with Gasteiger partial charge in [0.05, 0.1) is 5.69 Å². The first-order valence-corrected chi connectivity index (χ1v) is 4.20. The standard InChI is InChI=1S/C9H13FN2O2.ClH/c10-5-3-6(7(11)1-2-13)9(14)8(12)4-5;/h3-4,7,13-14H,1-2,11-12H2;1H/t7-;/m0./s1. The Hall–Kier alpha value is -1.04. The average Bonchev–Trinajstić information content (AvgIpc) is 2.11. The molecule has 4 nitrogen and oxygen atoms in total. The van der Waals surface area contributed by atoms with Crippen LogP contribution >= 0.6 is 12.4 Å². The van der Waals surface area contributed by atoms with E-state index in [1.807, 2.05) is 0 Å². The molecular formula is C9H14ClFN2O2. The molecule has 0 aliphatic heterocycles. The van der Waals surface area contributed by atoms with Crippen LogP contribution in [0.3, 0.4) is 0 Å². The van der Waals surface area contributed by atoms with E-state index >= 15 is 0 Å². The Balaban J connectivity index is 0.00000196. The van der Waals surface area contributed by atoms with Crippen LogP contribution in [-0.4, -0.2) is 16.8 Å².